The third-order valence-corrected chi connectivity index (χ3v) is 4.22. The molecule has 3 unspecified atom stereocenters. The summed E-state index contributed by atoms with van der Waals surface area (Å²) in [6.45, 7) is -0.110. The lowest BCUT2D eigenvalue weighted by Crippen LogP contribution is -2.41. The number of ether oxygens (including phenoxy) is 1. The molecular weight excluding hydrogens is 337 g/mol. The molecule has 1 aromatic carbocycles. The van der Waals surface area contributed by atoms with Crippen LogP contribution in [-0.2, 0) is 11.0 Å². The fourth-order valence-electron chi connectivity index (χ4n) is 2.82. The quantitative estimate of drug-likeness (QED) is 0.725. The highest BCUT2D eigenvalue weighted by atomic mass is 19.4. The number of carbonyl (C=O) groups excluding carboxylic acids is 1. The zero-order chi connectivity index (χ0) is 18.4. The lowest BCUT2D eigenvalue weighted by Gasteiger charge is -2.26. The normalized spacial score (nSPS) is 22.3. The number of aliphatic hydroxyl groups excluding tert-OH is 1. The number of hydrogen-bond acceptors (Lipinski definition) is 4. The molecule has 25 heavy (non-hydrogen) atoms. The molecule has 2 rings (SSSR count). The fourth-order valence-corrected chi connectivity index (χ4v) is 2.82. The molecule has 1 aliphatic carbocycles. The number of halogens is 3. The number of benzene rings is 1. The van der Waals surface area contributed by atoms with Crippen molar-refractivity contribution < 1.29 is 27.8 Å². The maximum Gasteiger partial charge on any atom is 0.416 e. The van der Waals surface area contributed by atoms with Crippen molar-refractivity contribution in [2.45, 2.75) is 44.0 Å². The second kappa shape index (κ2) is 8.53. The Bertz CT molecular complexity index is 563. The third kappa shape index (κ3) is 6.21. The van der Waals surface area contributed by atoms with Crippen LogP contribution in [0.5, 0.6) is 5.75 Å². The van der Waals surface area contributed by atoms with Gasteiger partial charge >= 0.3 is 6.18 Å². The maximum absolute atomic E-state index is 12.5. The molecule has 0 heterocycles. The van der Waals surface area contributed by atoms with Gasteiger partial charge in [-0.25, -0.2) is 0 Å². The van der Waals surface area contributed by atoms with Crippen LogP contribution in [0.1, 0.15) is 31.2 Å². The average Bonchev–Trinajstić information content (AvgIpc) is 2.57. The van der Waals surface area contributed by atoms with Crippen LogP contribution in [-0.4, -0.2) is 36.3 Å². The van der Waals surface area contributed by atoms with Crippen molar-refractivity contribution in [1.82, 2.24) is 5.32 Å². The number of carbonyl (C=O) groups is 1. The van der Waals surface area contributed by atoms with Gasteiger partial charge in [-0.3, -0.25) is 4.79 Å². The van der Waals surface area contributed by atoms with Crippen molar-refractivity contribution in [2.24, 2.45) is 11.7 Å². The second-order valence-electron chi connectivity index (χ2n) is 6.36. The highest BCUT2D eigenvalue weighted by Crippen LogP contribution is 2.30. The van der Waals surface area contributed by atoms with Gasteiger partial charge in [-0.1, -0.05) is 6.42 Å². The Hall–Kier alpha value is -1.80. The Morgan fingerprint density at radius 2 is 2.00 bits per heavy atom. The summed E-state index contributed by atoms with van der Waals surface area (Å²) in [5.41, 5.74) is 5.08. The SMILES string of the molecule is NC1CCCC(C(=O)NCC(O)COc2ccc(C(F)(F)F)cc2)C1. The smallest absolute Gasteiger partial charge is 0.416 e. The highest BCUT2D eigenvalue weighted by molar-refractivity contribution is 5.78. The third-order valence-electron chi connectivity index (χ3n) is 4.22. The van der Waals surface area contributed by atoms with Gasteiger partial charge in [0.25, 0.3) is 0 Å². The van der Waals surface area contributed by atoms with Gasteiger partial charge in [-0.15, -0.1) is 0 Å². The minimum absolute atomic E-state index is 0.0191. The van der Waals surface area contributed by atoms with Crippen LogP contribution in [0.4, 0.5) is 13.2 Å². The molecule has 0 aromatic heterocycles. The first-order valence-corrected chi connectivity index (χ1v) is 8.27. The number of alkyl halides is 3. The predicted molar refractivity (Wildman–Crippen MR) is 85.9 cm³/mol. The first-order valence-electron chi connectivity index (χ1n) is 8.27. The van der Waals surface area contributed by atoms with E-state index >= 15 is 0 Å². The molecule has 0 spiro atoms. The van der Waals surface area contributed by atoms with Gasteiger partial charge in [0.15, 0.2) is 0 Å². The molecule has 4 N–H and O–H groups in total. The van der Waals surface area contributed by atoms with E-state index in [0.29, 0.717) is 6.42 Å². The molecule has 1 fully saturated rings. The van der Waals surface area contributed by atoms with Gasteiger partial charge in [0.05, 0.1) is 5.56 Å². The summed E-state index contributed by atoms with van der Waals surface area (Å²) >= 11 is 0. The van der Waals surface area contributed by atoms with E-state index in [2.05, 4.69) is 5.32 Å². The Morgan fingerprint density at radius 3 is 2.60 bits per heavy atom. The number of nitrogens with one attached hydrogen (secondary N) is 1. The highest BCUT2D eigenvalue weighted by Gasteiger charge is 2.30. The van der Waals surface area contributed by atoms with Crippen LogP contribution in [0.25, 0.3) is 0 Å². The predicted octanol–water partition coefficient (Wildman–Crippen LogP) is 2.08. The van der Waals surface area contributed by atoms with Crippen LogP contribution in [0, 0.1) is 5.92 Å². The Balaban J connectivity index is 1.71. The number of nitrogens with two attached hydrogens (primary N) is 1. The second-order valence-corrected chi connectivity index (χ2v) is 6.36. The average molecular weight is 360 g/mol. The minimum atomic E-state index is -4.40. The largest absolute Gasteiger partial charge is 0.491 e. The standard InChI is InChI=1S/C17H23F3N2O3/c18-17(19,20)12-4-6-15(7-5-12)25-10-14(23)9-22-16(24)11-2-1-3-13(21)8-11/h4-7,11,13-14,23H,1-3,8-10,21H2,(H,22,24). The van der Waals surface area contributed by atoms with E-state index in [1.165, 1.54) is 12.1 Å². The van der Waals surface area contributed by atoms with Crippen molar-refractivity contribution in [2.75, 3.05) is 13.2 Å². The van der Waals surface area contributed by atoms with E-state index in [1.54, 1.807) is 0 Å². The molecule has 0 saturated heterocycles. The number of amides is 1. The van der Waals surface area contributed by atoms with Crippen molar-refractivity contribution in [1.29, 1.82) is 0 Å². The molecule has 5 nitrogen and oxygen atoms in total. The minimum Gasteiger partial charge on any atom is -0.491 e. The molecule has 0 radical (unpaired) electrons. The van der Waals surface area contributed by atoms with Gasteiger partial charge in [0, 0.05) is 18.5 Å². The van der Waals surface area contributed by atoms with E-state index in [4.69, 9.17) is 10.5 Å². The molecule has 8 heteroatoms. The Labute approximate surface area is 144 Å². The van der Waals surface area contributed by atoms with Crippen LogP contribution in [0.15, 0.2) is 24.3 Å². The van der Waals surface area contributed by atoms with E-state index in [1.807, 2.05) is 0 Å². The Kier molecular flexibility index (Phi) is 6.66. The lowest BCUT2D eigenvalue weighted by molar-refractivity contribution is -0.137. The summed E-state index contributed by atoms with van der Waals surface area (Å²) in [6.07, 6.45) is -2.08. The van der Waals surface area contributed by atoms with E-state index in [-0.39, 0.29) is 36.8 Å². The van der Waals surface area contributed by atoms with Gasteiger partial charge in [0.2, 0.25) is 5.91 Å². The molecule has 3 atom stereocenters. The number of rotatable bonds is 6. The van der Waals surface area contributed by atoms with Crippen molar-refractivity contribution in [3.63, 3.8) is 0 Å². The first-order chi connectivity index (χ1) is 11.8. The van der Waals surface area contributed by atoms with Gasteiger partial charge in [-0.05, 0) is 43.5 Å². The van der Waals surface area contributed by atoms with Crippen molar-refractivity contribution >= 4 is 5.91 Å². The van der Waals surface area contributed by atoms with Crippen LogP contribution in [0.3, 0.4) is 0 Å². The zero-order valence-corrected chi connectivity index (χ0v) is 13.8. The van der Waals surface area contributed by atoms with E-state index in [0.717, 1.165) is 31.4 Å². The van der Waals surface area contributed by atoms with Crippen LogP contribution in [0.2, 0.25) is 0 Å². The maximum atomic E-state index is 12.5. The van der Waals surface area contributed by atoms with Gasteiger partial charge in [0.1, 0.15) is 18.5 Å². The summed E-state index contributed by atoms with van der Waals surface area (Å²) in [6, 6.07) is 4.25. The number of hydrogen-bond donors (Lipinski definition) is 3. The van der Waals surface area contributed by atoms with Crippen molar-refractivity contribution in [3.05, 3.63) is 29.8 Å². The lowest BCUT2D eigenvalue weighted by atomic mass is 9.85. The molecular formula is C17H23F3N2O3. The molecule has 0 bridgehead atoms. The van der Waals surface area contributed by atoms with Crippen molar-refractivity contribution in [3.8, 4) is 5.75 Å². The van der Waals surface area contributed by atoms with Crippen LogP contribution >= 0.6 is 0 Å². The topological polar surface area (TPSA) is 84.6 Å². The van der Waals surface area contributed by atoms with E-state index < -0.39 is 17.8 Å². The van der Waals surface area contributed by atoms with Gasteiger partial charge in [-0.2, -0.15) is 13.2 Å². The van der Waals surface area contributed by atoms with Crippen LogP contribution < -0.4 is 15.8 Å². The molecule has 1 aromatic rings. The van der Waals surface area contributed by atoms with Gasteiger partial charge < -0.3 is 20.9 Å². The summed E-state index contributed by atoms with van der Waals surface area (Å²) < 4.78 is 42.6. The zero-order valence-electron chi connectivity index (χ0n) is 13.8. The monoisotopic (exact) mass is 360 g/mol. The molecule has 1 saturated carbocycles. The number of aliphatic hydroxyl groups is 1. The molecule has 1 aliphatic rings. The molecule has 0 aliphatic heterocycles. The molecule has 1 amide bonds. The summed E-state index contributed by atoms with van der Waals surface area (Å²) in [5, 5.41) is 12.5. The summed E-state index contributed by atoms with van der Waals surface area (Å²) in [7, 11) is 0. The molecule has 140 valence electrons. The summed E-state index contributed by atoms with van der Waals surface area (Å²) in [4.78, 5) is 12.0. The van der Waals surface area contributed by atoms with E-state index in [9.17, 15) is 23.1 Å². The summed E-state index contributed by atoms with van der Waals surface area (Å²) in [5.74, 6) is -0.0489. The Morgan fingerprint density at radius 1 is 1.32 bits per heavy atom. The first kappa shape index (κ1) is 19.5. The fraction of sp³-hybridized carbons (Fsp3) is 0.588.